The van der Waals surface area contributed by atoms with Crippen LogP contribution in [-0.4, -0.2) is 29.3 Å². The van der Waals surface area contributed by atoms with Crippen molar-refractivity contribution in [2.24, 2.45) is 0 Å². The maximum absolute atomic E-state index is 13.0. The minimum atomic E-state index is -3.78. The largest absolute Gasteiger partial charge is 0.326 e. The number of aryl methyl sites for hydroxylation is 1. The molecule has 0 aromatic heterocycles. The fraction of sp³-hybridized carbons (Fsp3) is 0.148. The molecule has 0 atom stereocenters. The van der Waals surface area contributed by atoms with E-state index in [4.69, 9.17) is 0 Å². The van der Waals surface area contributed by atoms with Gasteiger partial charge in [-0.15, -0.1) is 0 Å². The lowest BCUT2D eigenvalue weighted by molar-refractivity contribution is -0.116. The van der Waals surface area contributed by atoms with Crippen molar-refractivity contribution in [1.29, 1.82) is 0 Å². The van der Waals surface area contributed by atoms with E-state index in [1.54, 1.807) is 30.3 Å². The molecule has 10 heteroatoms. The molecule has 1 heterocycles. The number of carbonyl (C=O) groups is 1. The van der Waals surface area contributed by atoms with Crippen LogP contribution in [0.3, 0.4) is 0 Å². The number of sulfonamides is 2. The van der Waals surface area contributed by atoms with E-state index in [0.717, 1.165) is 10.9 Å². The lowest BCUT2D eigenvalue weighted by Crippen LogP contribution is -2.28. The van der Waals surface area contributed by atoms with E-state index in [1.807, 2.05) is 37.3 Å². The van der Waals surface area contributed by atoms with Crippen molar-refractivity contribution < 1.29 is 21.6 Å². The average Bonchev–Trinajstić information content (AvgIpc) is 3.09. The van der Waals surface area contributed by atoms with Crippen molar-refractivity contribution in [3.05, 3.63) is 90.5 Å². The Balaban J connectivity index is 1.19. The Hall–Kier alpha value is -3.89. The van der Waals surface area contributed by atoms with Crippen molar-refractivity contribution in [3.8, 4) is 0 Å². The van der Waals surface area contributed by atoms with E-state index in [1.165, 1.54) is 28.6 Å². The predicted molar refractivity (Wildman–Crippen MR) is 145 cm³/mol. The van der Waals surface area contributed by atoms with Gasteiger partial charge >= 0.3 is 0 Å². The summed E-state index contributed by atoms with van der Waals surface area (Å²) in [5.74, 6) is -0.291. The van der Waals surface area contributed by atoms with Gasteiger partial charge in [0, 0.05) is 24.0 Å². The van der Waals surface area contributed by atoms with Gasteiger partial charge in [-0.3, -0.25) is 13.8 Å². The van der Waals surface area contributed by atoms with Crippen molar-refractivity contribution in [2.75, 3.05) is 20.9 Å². The van der Waals surface area contributed by atoms with Crippen molar-refractivity contribution >= 4 is 53.8 Å². The first-order valence-electron chi connectivity index (χ1n) is 11.7. The molecule has 0 fully saturated rings. The summed E-state index contributed by atoms with van der Waals surface area (Å²) < 4.78 is 55.4. The summed E-state index contributed by atoms with van der Waals surface area (Å²) in [6, 6.07) is 23.7. The normalized spacial score (nSPS) is 14.0. The molecule has 0 spiro atoms. The van der Waals surface area contributed by atoms with E-state index in [9.17, 15) is 21.6 Å². The summed E-state index contributed by atoms with van der Waals surface area (Å²) in [5, 5.41) is 4.31. The summed E-state index contributed by atoms with van der Waals surface area (Å²) in [6.45, 7) is 1.99. The van der Waals surface area contributed by atoms with Crippen molar-refractivity contribution in [2.45, 2.75) is 29.6 Å². The van der Waals surface area contributed by atoms with Gasteiger partial charge in [0.05, 0.1) is 21.2 Å². The van der Waals surface area contributed by atoms with Gasteiger partial charge in [0.2, 0.25) is 5.91 Å². The molecule has 1 aliphatic rings. The third-order valence-electron chi connectivity index (χ3n) is 6.28. The van der Waals surface area contributed by atoms with Crippen LogP contribution in [0.25, 0.3) is 10.8 Å². The highest BCUT2D eigenvalue weighted by molar-refractivity contribution is 7.93. The molecule has 4 aromatic carbocycles. The number of benzene rings is 4. The number of carbonyl (C=O) groups excluding carboxylic acids is 1. The van der Waals surface area contributed by atoms with Gasteiger partial charge < -0.3 is 5.32 Å². The first-order valence-corrected chi connectivity index (χ1v) is 14.6. The molecule has 4 aromatic rings. The van der Waals surface area contributed by atoms with Crippen LogP contribution in [0.2, 0.25) is 0 Å². The fourth-order valence-corrected chi connectivity index (χ4v) is 7.29. The molecule has 2 N–H and O–H groups in total. The Morgan fingerprint density at radius 3 is 2.32 bits per heavy atom. The Kier molecular flexibility index (Phi) is 6.38. The van der Waals surface area contributed by atoms with Crippen molar-refractivity contribution in [1.82, 2.24) is 0 Å². The molecular formula is C27H25N3O5S2. The Bertz CT molecular complexity index is 1710. The summed E-state index contributed by atoms with van der Waals surface area (Å²) in [7, 11) is -7.44. The van der Waals surface area contributed by atoms with E-state index in [0.29, 0.717) is 28.9 Å². The maximum atomic E-state index is 13.0. The number of amides is 1. The highest BCUT2D eigenvalue weighted by Crippen LogP contribution is 2.42. The van der Waals surface area contributed by atoms with Gasteiger partial charge in [-0.25, -0.2) is 16.8 Å². The van der Waals surface area contributed by atoms with E-state index >= 15 is 0 Å². The second kappa shape index (κ2) is 9.53. The van der Waals surface area contributed by atoms with E-state index in [-0.39, 0.29) is 28.7 Å². The average molecular weight is 536 g/mol. The topological polar surface area (TPSA) is 113 Å². The molecular weight excluding hydrogens is 510 g/mol. The number of anilines is 3. The SMILES string of the molecule is Cc1ccccc1NS(=O)(=O)c1ccc(NC(=O)CCCN2c3cccc4cccc(c34)S2(=O)=O)cc1. The number of nitrogens with zero attached hydrogens (tertiary/aromatic N) is 1. The Morgan fingerprint density at radius 1 is 0.892 bits per heavy atom. The number of nitrogens with one attached hydrogen (secondary N) is 2. The van der Waals surface area contributed by atoms with Crippen LogP contribution in [0.15, 0.2) is 94.7 Å². The summed E-state index contributed by atoms with van der Waals surface area (Å²) >= 11 is 0. The predicted octanol–water partition coefficient (Wildman–Crippen LogP) is 4.88. The summed E-state index contributed by atoms with van der Waals surface area (Å²) in [6.07, 6.45) is 0.426. The lowest BCUT2D eigenvalue weighted by Gasteiger charge is -2.18. The molecule has 0 saturated carbocycles. The Morgan fingerprint density at radius 2 is 1.59 bits per heavy atom. The quantitative estimate of drug-likeness (QED) is 0.334. The molecule has 0 saturated heterocycles. The van der Waals surface area contributed by atoms with Crippen LogP contribution >= 0.6 is 0 Å². The second-order valence-electron chi connectivity index (χ2n) is 8.81. The van der Waals surface area contributed by atoms with Crippen LogP contribution in [0.1, 0.15) is 18.4 Å². The molecule has 5 rings (SSSR count). The molecule has 0 bridgehead atoms. The molecule has 8 nitrogen and oxygen atoms in total. The smallest absolute Gasteiger partial charge is 0.265 e. The van der Waals surface area contributed by atoms with Gasteiger partial charge in [0.15, 0.2) is 0 Å². The number of para-hydroxylation sites is 1. The van der Waals surface area contributed by atoms with Crippen LogP contribution in [-0.2, 0) is 24.8 Å². The standard InChI is InChI=1S/C27H25N3O5S2/c1-19-7-2-3-10-23(19)29-36(32,33)22-16-14-21(15-17-22)28-26(31)13-6-18-30-24-11-4-8-20-9-5-12-25(27(20)24)37(30,34)35/h2-5,7-12,14-17,29H,6,13,18H2,1H3,(H,28,31). The monoisotopic (exact) mass is 535 g/mol. The summed E-state index contributed by atoms with van der Waals surface area (Å²) in [5.41, 5.74) is 2.38. The molecule has 1 amide bonds. The van der Waals surface area contributed by atoms with Gasteiger partial charge in [0.1, 0.15) is 0 Å². The maximum Gasteiger partial charge on any atom is 0.265 e. The summed E-state index contributed by atoms with van der Waals surface area (Å²) in [4.78, 5) is 12.9. The van der Waals surface area contributed by atoms with Gasteiger partial charge in [-0.1, -0.05) is 42.5 Å². The molecule has 0 radical (unpaired) electrons. The third kappa shape index (κ3) is 4.77. The molecule has 0 aliphatic carbocycles. The highest BCUT2D eigenvalue weighted by atomic mass is 32.2. The van der Waals surface area contributed by atoms with Crippen LogP contribution in [0, 0.1) is 6.92 Å². The molecule has 190 valence electrons. The molecule has 1 aliphatic heterocycles. The molecule has 37 heavy (non-hydrogen) atoms. The fourth-order valence-electron chi connectivity index (χ4n) is 4.41. The van der Waals surface area contributed by atoms with Crippen LogP contribution in [0.4, 0.5) is 17.1 Å². The second-order valence-corrected chi connectivity index (χ2v) is 12.3. The zero-order valence-corrected chi connectivity index (χ0v) is 21.6. The zero-order chi connectivity index (χ0) is 26.2. The highest BCUT2D eigenvalue weighted by Gasteiger charge is 2.35. The third-order valence-corrected chi connectivity index (χ3v) is 9.52. The van der Waals surface area contributed by atoms with Gasteiger partial charge in [-0.05, 0) is 66.8 Å². The minimum absolute atomic E-state index is 0.0710. The van der Waals surface area contributed by atoms with Gasteiger partial charge in [-0.2, -0.15) is 0 Å². The Labute approximate surface area is 216 Å². The first kappa shape index (κ1) is 24.8. The van der Waals surface area contributed by atoms with Crippen molar-refractivity contribution in [3.63, 3.8) is 0 Å². The van der Waals surface area contributed by atoms with E-state index in [2.05, 4.69) is 10.0 Å². The van der Waals surface area contributed by atoms with Crippen LogP contribution in [0.5, 0.6) is 0 Å². The minimum Gasteiger partial charge on any atom is -0.326 e. The van der Waals surface area contributed by atoms with Crippen LogP contribution < -0.4 is 14.3 Å². The number of hydrogen-bond acceptors (Lipinski definition) is 5. The number of rotatable bonds is 8. The lowest BCUT2D eigenvalue weighted by atomic mass is 10.1. The van der Waals surface area contributed by atoms with Gasteiger partial charge in [0.25, 0.3) is 20.0 Å². The zero-order valence-electron chi connectivity index (χ0n) is 20.0. The number of hydrogen-bond donors (Lipinski definition) is 2. The first-order chi connectivity index (χ1) is 17.7. The van der Waals surface area contributed by atoms with E-state index < -0.39 is 20.0 Å². The molecule has 0 unspecified atom stereocenters.